The van der Waals surface area contributed by atoms with E-state index >= 15 is 0 Å². The van der Waals surface area contributed by atoms with Crippen LogP contribution in [-0.4, -0.2) is 18.0 Å². The Hall–Kier alpha value is -0.440. The maximum atomic E-state index is 12.4. The van der Waals surface area contributed by atoms with E-state index in [4.69, 9.17) is 5.73 Å². The average molecular weight is 119 g/mol. The summed E-state index contributed by atoms with van der Waals surface area (Å²) in [6.07, 6.45) is 0.403. The fourth-order valence-corrected chi connectivity index (χ4v) is 0.162. The number of hydrogen-bond acceptors (Lipinski definition) is 2. The lowest BCUT2D eigenvalue weighted by molar-refractivity contribution is -0.111. The van der Waals surface area contributed by atoms with E-state index in [1.54, 1.807) is 0 Å². The van der Waals surface area contributed by atoms with Gasteiger partial charge in [0, 0.05) is 0 Å². The third-order valence-corrected chi connectivity index (χ3v) is 0.939. The number of carbonyl (C=O) groups is 1. The Morgan fingerprint density at radius 3 is 2.12 bits per heavy atom. The van der Waals surface area contributed by atoms with Gasteiger partial charge in [-0.1, -0.05) is 0 Å². The fraction of sp³-hybridized carbons (Fsp3) is 0.800. The normalized spacial score (nSPS) is 15.5. The molecule has 3 heteroatoms. The van der Waals surface area contributed by atoms with Gasteiger partial charge in [0.25, 0.3) is 0 Å². The Bertz CT molecular complexity index is 86.9. The average Bonchev–Trinajstić information content (AvgIpc) is 1.62. The van der Waals surface area contributed by atoms with Crippen molar-refractivity contribution in [3.63, 3.8) is 0 Å². The zero-order valence-electron chi connectivity index (χ0n) is 5.02. The molecule has 0 amide bonds. The van der Waals surface area contributed by atoms with Gasteiger partial charge < -0.3 is 10.5 Å². The van der Waals surface area contributed by atoms with Crippen LogP contribution in [0, 0.1) is 0 Å². The van der Waals surface area contributed by atoms with E-state index in [0.29, 0.717) is 6.29 Å². The summed E-state index contributed by atoms with van der Waals surface area (Å²) in [6, 6.07) is -0.998. The van der Waals surface area contributed by atoms with Crippen molar-refractivity contribution >= 4 is 6.29 Å². The van der Waals surface area contributed by atoms with Crippen LogP contribution in [0.4, 0.5) is 4.39 Å². The number of alkyl halides is 1. The highest BCUT2D eigenvalue weighted by atomic mass is 19.1. The van der Waals surface area contributed by atoms with Gasteiger partial charge in [-0.25, -0.2) is 4.39 Å². The number of aldehydes is 1. The quantitative estimate of drug-likeness (QED) is 0.530. The van der Waals surface area contributed by atoms with Gasteiger partial charge in [-0.15, -0.1) is 0 Å². The van der Waals surface area contributed by atoms with Crippen LogP contribution >= 0.6 is 0 Å². The van der Waals surface area contributed by atoms with Gasteiger partial charge in [0.2, 0.25) is 0 Å². The molecule has 0 bridgehead atoms. The maximum Gasteiger partial charge on any atom is 0.139 e. The highest BCUT2D eigenvalue weighted by molar-refractivity contribution is 5.59. The Morgan fingerprint density at radius 2 is 2.12 bits per heavy atom. The first-order chi connectivity index (χ1) is 3.48. The molecule has 0 saturated heterocycles. The zero-order chi connectivity index (χ0) is 6.78. The monoisotopic (exact) mass is 119 g/mol. The third kappa shape index (κ3) is 2.02. The first-order valence-electron chi connectivity index (χ1n) is 2.38. The van der Waals surface area contributed by atoms with Crippen molar-refractivity contribution < 1.29 is 9.18 Å². The molecule has 48 valence electrons. The van der Waals surface area contributed by atoms with E-state index in [2.05, 4.69) is 0 Å². The predicted octanol–water partition coefficient (Wildman–Crippen LogP) is 0.261. The summed E-state index contributed by atoms with van der Waals surface area (Å²) < 4.78 is 12.4. The van der Waals surface area contributed by atoms with Gasteiger partial charge in [-0.05, 0) is 13.8 Å². The van der Waals surface area contributed by atoms with Crippen LogP contribution in [0.25, 0.3) is 0 Å². The van der Waals surface area contributed by atoms with E-state index in [-0.39, 0.29) is 0 Å². The second kappa shape index (κ2) is 2.22. The number of rotatable bonds is 2. The second-order valence-corrected chi connectivity index (χ2v) is 2.23. The van der Waals surface area contributed by atoms with Crippen LogP contribution in [0.3, 0.4) is 0 Å². The topological polar surface area (TPSA) is 43.1 Å². The Kier molecular flexibility index (Phi) is 2.10. The molecule has 0 saturated carbocycles. The highest BCUT2D eigenvalue weighted by Gasteiger charge is 2.24. The van der Waals surface area contributed by atoms with Gasteiger partial charge in [-0.3, -0.25) is 0 Å². The number of carbonyl (C=O) groups excluding carboxylic acids is 1. The highest BCUT2D eigenvalue weighted by Crippen LogP contribution is 2.09. The molecule has 0 aromatic heterocycles. The van der Waals surface area contributed by atoms with Crippen molar-refractivity contribution in [2.45, 2.75) is 25.6 Å². The van der Waals surface area contributed by atoms with Crippen molar-refractivity contribution in [2.24, 2.45) is 5.73 Å². The molecule has 0 spiro atoms. The minimum absolute atomic E-state index is 0.403. The third-order valence-electron chi connectivity index (χ3n) is 0.939. The summed E-state index contributed by atoms with van der Waals surface area (Å²) in [7, 11) is 0. The minimum atomic E-state index is -1.58. The summed E-state index contributed by atoms with van der Waals surface area (Å²) in [5.41, 5.74) is 3.43. The van der Waals surface area contributed by atoms with Crippen molar-refractivity contribution in [3.05, 3.63) is 0 Å². The molecule has 0 aromatic rings. The lowest BCUT2D eigenvalue weighted by Crippen LogP contribution is -2.40. The minimum Gasteiger partial charge on any atom is -0.319 e. The first kappa shape index (κ1) is 7.56. The van der Waals surface area contributed by atoms with Crippen molar-refractivity contribution in [1.82, 2.24) is 0 Å². The number of halogens is 1. The Balaban J connectivity index is 3.80. The van der Waals surface area contributed by atoms with Crippen LogP contribution < -0.4 is 5.73 Å². The molecule has 0 rings (SSSR count). The van der Waals surface area contributed by atoms with Gasteiger partial charge in [0.05, 0.1) is 6.04 Å². The summed E-state index contributed by atoms with van der Waals surface area (Å²) in [6.45, 7) is 2.54. The van der Waals surface area contributed by atoms with Crippen LogP contribution in [0.5, 0.6) is 0 Å². The van der Waals surface area contributed by atoms with Gasteiger partial charge >= 0.3 is 0 Å². The van der Waals surface area contributed by atoms with Crippen LogP contribution in [0.1, 0.15) is 13.8 Å². The molecule has 0 heterocycles. The lowest BCUT2D eigenvalue weighted by atomic mass is 10.0. The van der Waals surface area contributed by atoms with Gasteiger partial charge in [0.15, 0.2) is 0 Å². The smallest absolute Gasteiger partial charge is 0.139 e. The van der Waals surface area contributed by atoms with Crippen molar-refractivity contribution in [3.8, 4) is 0 Å². The number of hydrogen-bond donors (Lipinski definition) is 1. The standard InChI is InChI=1S/C5H10FNO/c1-5(2,6)4(7)3-8/h3-4H,7H2,1-2H3. The molecule has 8 heavy (non-hydrogen) atoms. The van der Waals surface area contributed by atoms with E-state index in [1.165, 1.54) is 13.8 Å². The van der Waals surface area contributed by atoms with Crippen molar-refractivity contribution in [1.29, 1.82) is 0 Å². The summed E-state index contributed by atoms with van der Waals surface area (Å²) >= 11 is 0. The fourth-order valence-electron chi connectivity index (χ4n) is 0.162. The molecule has 0 aliphatic rings. The SMILES string of the molecule is CC(C)(F)C(N)C=O. The molecular weight excluding hydrogens is 109 g/mol. The first-order valence-corrected chi connectivity index (χ1v) is 2.38. The molecular formula is C5H10FNO. The molecule has 0 aliphatic heterocycles. The maximum absolute atomic E-state index is 12.4. The van der Waals surface area contributed by atoms with E-state index in [9.17, 15) is 9.18 Å². The van der Waals surface area contributed by atoms with E-state index < -0.39 is 11.7 Å². The summed E-state index contributed by atoms with van der Waals surface area (Å²) in [4.78, 5) is 9.79. The molecule has 1 unspecified atom stereocenters. The largest absolute Gasteiger partial charge is 0.319 e. The molecule has 0 aliphatic carbocycles. The van der Waals surface area contributed by atoms with Crippen LogP contribution in [0.2, 0.25) is 0 Å². The zero-order valence-corrected chi connectivity index (χ0v) is 5.02. The van der Waals surface area contributed by atoms with Gasteiger partial charge in [-0.2, -0.15) is 0 Å². The molecule has 0 radical (unpaired) electrons. The Morgan fingerprint density at radius 1 is 1.75 bits per heavy atom. The van der Waals surface area contributed by atoms with Gasteiger partial charge in [0.1, 0.15) is 12.0 Å². The van der Waals surface area contributed by atoms with E-state index in [1.807, 2.05) is 0 Å². The molecule has 2 N–H and O–H groups in total. The second-order valence-electron chi connectivity index (χ2n) is 2.23. The van der Waals surface area contributed by atoms with Crippen molar-refractivity contribution in [2.75, 3.05) is 0 Å². The molecule has 0 fully saturated rings. The molecule has 0 aromatic carbocycles. The lowest BCUT2D eigenvalue weighted by Gasteiger charge is -2.16. The van der Waals surface area contributed by atoms with Crippen LogP contribution in [0.15, 0.2) is 0 Å². The molecule has 1 atom stereocenters. The molecule has 2 nitrogen and oxygen atoms in total. The Labute approximate surface area is 47.9 Å². The number of nitrogens with two attached hydrogens (primary N) is 1. The predicted molar refractivity (Wildman–Crippen MR) is 29.2 cm³/mol. The summed E-state index contributed by atoms with van der Waals surface area (Å²) in [5.74, 6) is 0. The summed E-state index contributed by atoms with van der Waals surface area (Å²) in [5, 5.41) is 0. The van der Waals surface area contributed by atoms with Crippen LogP contribution in [-0.2, 0) is 4.79 Å². The van der Waals surface area contributed by atoms with E-state index in [0.717, 1.165) is 0 Å².